The largest absolute Gasteiger partial charge is 0.477 e. The highest BCUT2D eigenvalue weighted by molar-refractivity contribution is 5.89. The summed E-state index contributed by atoms with van der Waals surface area (Å²) in [6.07, 6.45) is 4.72. The molecule has 3 rings (SSSR count). The van der Waals surface area contributed by atoms with Gasteiger partial charge in [0, 0.05) is 32.7 Å². The Morgan fingerprint density at radius 3 is 2.38 bits per heavy atom. The Morgan fingerprint density at radius 1 is 1.03 bits per heavy atom. The zero-order valence-electron chi connectivity index (χ0n) is 20.8. The molecule has 0 bridgehead atoms. The molecule has 1 aromatic heterocycles. The molecule has 0 unspecified atom stereocenters. The molecule has 1 aromatic carbocycles. The number of carbonyl (C=O) groups excluding carboxylic acids is 3. The number of piperazine rings is 1. The van der Waals surface area contributed by atoms with Crippen molar-refractivity contribution in [2.75, 3.05) is 37.6 Å². The summed E-state index contributed by atoms with van der Waals surface area (Å²) in [7, 11) is 0. The van der Waals surface area contributed by atoms with Gasteiger partial charge in [0.15, 0.2) is 0 Å². The number of benzene rings is 1. The van der Waals surface area contributed by atoms with Crippen LogP contribution in [-0.4, -0.2) is 77.4 Å². The maximum absolute atomic E-state index is 13.4. The lowest BCUT2D eigenvalue weighted by Crippen LogP contribution is -2.55. The van der Waals surface area contributed by atoms with Crippen LogP contribution in [0.5, 0.6) is 0 Å². The molecule has 0 radical (unpaired) electrons. The van der Waals surface area contributed by atoms with Gasteiger partial charge in [-0.25, -0.2) is 9.78 Å². The quantitative estimate of drug-likeness (QED) is 0.294. The Bertz CT molecular complexity index is 1080. The summed E-state index contributed by atoms with van der Waals surface area (Å²) in [5.41, 5.74) is 1.65. The summed E-state index contributed by atoms with van der Waals surface area (Å²) in [6, 6.07) is 11.9. The molecular formula is C27H33N5O5. The fourth-order valence-corrected chi connectivity index (χ4v) is 4.15. The number of aromatic carboxylic acids is 1. The summed E-state index contributed by atoms with van der Waals surface area (Å²) in [5.74, 6) is -1.66. The molecule has 0 aliphatic carbocycles. The molecule has 10 heteroatoms. The average Bonchev–Trinajstić information content (AvgIpc) is 2.92. The number of nitrogens with one attached hydrogen (secondary N) is 2. The average molecular weight is 508 g/mol. The van der Waals surface area contributed by atoms with Gasteiger partial charge in [0.05, 0.1) is 18.3 Å². The van der Waals surface area contributed by atoms with E-state index in [9.17, 15) is 19.2 Å². The summed E-state index contributed by atoms with van der Waals surface area (Å²) >= 11 is 0. The summed E-state index contributed by atoms with van der Waals surface area (Å²) in [6.45, 7) is 5.97. The molecule has 0 spiro atoms. The van der Waals surface area contributed by atoms with E-state index in [2.05, 4.69) is 22.2 Å². The van der Waals surface area contributed by atoms with Crippen molar-refractivity contribution in [3.63, 3.8) is 0 Å². The first kappa shape index (κ1) is 27.4. The van der Waals surface area contributed by atoms with E-state index in [1.165, 1.54) is 18.3 Å². The van der Waals surface area contributed by atoms with E-state index in [1.807, 2.05) is 35.2 Å². The predicted octanol–water partition coefficient (Wildman–Crippen LogP) is 1.63. The monoisotopic (exact) mass is 507 g/mol. The third-order valence-electron chi connectivity index (χ3n) is 6.17. The molecule has 10 nitrogen and oxygen atoms in total. The standard InChI is InChI=1S/C27H33N5O5/c1-2-24(33)28-13-7-6-10-22(30-25(34)18-20-8-4-3-5-9-20)26(35)32-16-14-31(15-17-32)21-11-12-23(27(36)37)29-19-21/h2-5,8-9,11-12,19,22H,1,6-7,10,13-18H2,(H,28,33)(H,30,34)(H,36,37)/t22-/m0/s1. The van der Waals surface area contributed by atoms with Gasteiger partial charge in [-0.2, -0.15) is 0 Å². The second-order valence-corrected chi connectivity index (χ2v) is 8.79. The van der Waals surface area contributed by atoms with Crippen molar-refractivity contribution in [2.45, 2.75) is 31.7 Å². The topological polar surface area (TPSA) is 132 Å². The zero-order valence-corrected chi connectivity index (χ0v) is 20.8. The number of pyridine rings is 1. The van der Waals surface area contributed by atoms with E-state index in [4.69, 9.17) is 5.11 Å². The first-order valence-corrected chi connectivity index (χ1v) is 12.3. The van der Waals surface area contributed by atoms with Crippen LogP contribution in [0.4, 0.5) is 5.69 Å². The Morgan fingerprint density at radius 2 is 1.76 bits per heavy atom. The number of carbonyl (C=O) groups is 4. The lowest BCUT2D eigenvalue weighted by atomic mass is 10.1. The van der Waals surface area contributed by atoms with Crippen LogP contribution < -0.4 is 15.5 Å². The van der Waals surface area contributed by atoms with E-state index in [1.54, 1.807) is 11.0 Å². The minimum absolute atomic E-state index is 0.0179. The van der Waals surface area contributed by atoms with Crippen LogP contribution in [0.15, 0.2) is 61.3 Å². The van der Waals surface area contributed by atoms with Gasteiger partial charge in [-0.1, -0.05) is 36.9 Å². The van der Waals surface area contributed by atoms with Gasteiger partial charge < -0.3 is 25.5 Å². The van der Waals surface area contributed by atoms with Gasteiger partial charge in [-0.15, -0.1) is 0 Å². The molecular weight excluding hydrogens is 474 g/mol. The number of anilines is 1. The van der Waals surface area contributed by atoms with Crippen LogP contribution in [0.2, 0.25) is 0 Å². The fourth-order valence-electron chi connectivity index (χ4n) is 4.15. The number of carboxylic acids is 1. The van der Waals surface area contributed by atoms with Gasteiger partial charge in [0.1, 0.15) is 11.7 Å². The Labute approximate surface area is 216 Å². The third kappa shape index (κ3) is 8.45. The number of hydrogen-bond acceptors (Lipinski definition) is 6. The minimum Gasteiger partial charge on any atom is -0.477 e. The van der Waals surface area contributed by atoms with E-state index in [0.717, 1.165) is 11.3 Å². The van der Waals surface area contributed by atoms with Crippen molar-refractivity contribution in [3.05, 3.63) is 72.6 Å². The fraction of sp³-hybridized carbons (Fsp3) is 0.370. The maximum atomic E-state index is 13.4. The first-order chi connectivity index (χ1) is 17.9. The van der Waals surface area contributed by atoms with Crippen LogP contribution in [0.1, 0.15) is 35.3 Å². The number of carboxylic acid groups (broad SMARTS) is 1. The molecule has 37 heavy (non-hydrogen) atoms. The van der Waals surface area contributed by atoms with Crippen molar-refractivity contribution >= 4 is 29.4 Å². The van der Waals surface area contributed by atoms with Crippen LogP contribution in [-0.2, 0) is 20.8 Å². The molecule has 1 aliphatic heterocycles. The SMILES string of the molecule is C=CC(=O)NCCCC[C@H](NC(=O)Cc1ccccc1)C(=O)N1CCN(c2ccc(C(=O)O)nc2)CC1. The number of hydrogen-bond donors (Lipinski definition) is 3. The van der Waals surface area contributed by atoms with E-state index < -0.39 is 12.0 Å². The summed E-state index contributed by atoms with van der Waals surface area (Å²) in [4.78, 5) is 56.3. The Hall–Kier alpha value is -4.21. The van der Waals surface area contributed by atoms with Crippen LogP contribution in [0.3, 0.4) is 0 Å². The normalized spacial score (nSPS) is 13.9. The molecule has 1 fully saturated rings. The lowest BCUT2D eigenvalue weighted by molar-refractivity contribution is -0.136. The molecule has 3 N–H and O–H groups in total. The number of aromatic nitrogens is 1. The number of amides is 3. The van der Waals surface area contributed by atoms with Gasteiger partial charge >= 0.3 is 5.97 Å². The Balaban J connectivity index is 1.57. The molecule has 2 aromatic rings. The van der Waals surface area contributed by atoms with Crippen LogP contribution in [0, 0.1) is 0 Å². The van der Waals surface area contributed by atoms with Crippen molar-refractivity contribution < 1.29 is 24.3 Å². The van der Waals surface area contributed by atoms with E-state index >= 15 is 0 Å². The van der Waals surface area contributed by atoms with E-state index in [-0.39, 0.29) is 29.8 Å². The smallest absolute Gasteiger partial charge is 0.354 e. The highest BCUT2D eigenvalue weighted by Gasteiger charge is 2.28. The van der Waals surface area contributed by atoms with Crippen molar-refractivity contribution in [3.8, 4) is 0 Å². The second-order valence-electron chi connectivity index (χ2n) is 8.79. The van der Waals surface area contributed by atoms with Crippen LogP contribution in [0.25, 0.3) is 0 Å². The van der Waals surface area contributed by atoms with E-state index in [0.29, 0.717) is 52.0 Å². The van der Waals surface area contributed by atoms with Crippen LogP contribution >= 0.6 is 0 Å². The van der Waals surface area contributed by atoms with Gasteiger partial charge in [0.25, 0.3) is 0 Å². The lowest BCUT2D eigenvalue weighted by Gasteiger charge is -2.37. The first-order valence-electron chi connectivity index (χ1n) is 12.3. The highest BCUT2D eigenvalue weighted by atomic mass is 16.4. The predicted molar refractivity (Wildman–Crippen MR) is 139 cm³/mol. The molecule has 3 amide bonds. The number of nitrogens with zero attached hydrogens (tertiary/aromatic N) is 3. The van der Waals surface area contributed by atoms with Crippen molar-refractivity contribution in [1.29, 1.82) is 0 Å². The maximum Gasteiger partial charge on any atom is 0.354 e. The molecule has 1 saturated heterocycles. The molecule has 0 saturated carbocycles. The number of unbranched alkanes of at least 4 members (excludes halogenated alkanes) is 1. The molecule has 2 heterocycles. The van der Waals surface area contributed by atoms with Gasteiger partial charge in [0.2, 0.25) is 17.7 Å². The summed E-state index contributed by atoms with van der Waals surface area (Å²) in [5, 5.41) is 14.7. The van der Waals surface area contributed by atoms with Crippen molar-refractivity contribution in [2.24, 2.45) is 0 Å². The van der Waals surface area contributed by atoms with Gasteiger partial charge in [-0.3, -0.25) is 14.4 Å². The highest BCUT2D eigenvalue weighted by Crippen LogP contribution is 2.17. The second kappa shape index (κ2) is 13.8. The molecule has 196 valence electrons. The Kier molecular flexibility index (Phi) is 10.2. The minimum atomic E-state index is -1.08. The van der Waals surface area contributed by atoms with Gasteiger partial charge in [-0.05, 0) is 43.0 Å². The summed E-state index contributed by atoms with van der Waals surface area (Å²) < 4.78 is 0. The molecule has 1 aliphatic rings. The van der Waals surface area contributed by atoms with Crippen molar-refractivity contribution in [1.82, 2.24) is 20.5 Å². The molecule has 1 atom stereocenters. The zero-order chi connectivity index (χ0) is 26.6. The number of rotatable bonds is 12. The third-order valence-corrected chi connectivity index (χ3v) is 6.17.